The van der Waals surface area contributed by atoms with E-state index in [0.29, 0.717) is 25.2 Å². The molecule has 2 fully saturated rings. The lowest BCUT2D eigenvalue weighted by Crippen LogP contribution is -2.49. The quantitative estimate of drug-likeness (QED) is 0.865. The van der Waals surface area contributed by atoms with E-state index in [0.717, 1.165) is 19.3 Å². The van der Waals surface area contributed by atoms with Gasteiger partial charge in [0.2, 0.25) is 0 Å². The van der Waals surface area contributed by atoms with E-state index in [1.165, 1.54) is 13.2 Å². The van der Waals surface area contributed by atoms with Crippen LogP contribution in [0.1, 0.15) is 32.1 Å². The molecule has 1 atom stereocenters. The zero-order valence-electron chi connectivity index (χ0n) is 12.2. The van der Waals surface area contributed by atoms with E-state index >= 15 is 0 Å². The van der Waals surface area contributed by atoms with Crippen molar-refractivity contribution in [1.82, 2.24) is 0 Å². The van der Waals surface area contributed by atoms with Gasteiger partial charge in [-0.2, -0.15) is 0 Å². The minimum atomic E-state index is -3.46. The molecule has 21 heavy (non-hydrogen) atoms. The highest BCUT2D eigenvalue weighted by Crippen LogP contribution is 2.45. The van der Waals surface area contributed by atoms with E-state index in [2.05, 4.69) is 0 Å². The van der Waals surface area contributed by atoms with E-state index in [9.17, 15) is 8.42 Å². The SMILES string of the molecule is COc1ccc(N)c(S(=O)(=O)C2CCOC3(CCC3)C2)c1. The molecular formula is C15H21NO4S. The highest BCUT2D eigenvalue weighted by molar-refractivity contribution is 7.92. The fourth-order valence-corrected chi connectivity index (χ4v) is 5.20. The second kappa shape index (κ2) is 5.18. The van der Waals surface area contributed by atoms with Gasteiger partial charge in [0.05, 0.1) is 28.5 Å². The fraction of sp³-hybridized carbons (Fsp3) is 0.600. The van der Waals surface area contributed by atoms with Crippen LogP contribution in [0.15, 0.2) is 23.1 Å². The Balaban J connectivity index is 1.92. The predicted octanol–water partition coefficient (Wildman–Crippen LogP) is 2.15. The lowest BCUT2D eigenvalue weighted by Gasteiger charge is -2.46. The first-order valence-corrected chi connectivity index (χ1v) is 8.83. The molecule has 1 aliphatic carbocycles. The van der Waals surface area contributed by atoms with Gasteiger partial charge in [0, 0.05) is 12.7 Å². The number of hydrogen-bond acceptors (Lipinski definition) is 5. The van der Waals surface area contributed by atoms with E-state index in [-0.39, 0.29) is 16.2 Å². The Bertz CT molecular complexity index is 637. The number of anilines is 1. The Morgan fingerprint density at radius 3 is 2.76 bits per heavy atom. The van der Waals surface area contributed by atoms with Crippen molar-refractivity contribution in [2.45, 2.75) is 47.9 Å². The summed E-state index contributed by atoms with van der Waals surface area (Å²) in [5.74, 6) is 0.508. The molecule has 1 aliphatic heterocycles. The van der Waals surface area contributed by atoms with Crippen molar-refractivity contribution < 1.29 is 17.9 Å². The minimum absolute atomic E-state index is 0.184. The largest absolute Gasteiger partial charge is 0.497 e. The Hall–Kier alpha value is -1.27. The van der Waals surface area contributed by atoms with Gasteiger partial charge >= 0.3 is 0 Å². The van der Waals surface area contributed by atoms with E-state index < -0.39 is 15.1 Å². The third kappa shape index (κ3) is 2.51. The monoisotopic (exact) mass is 311 g/mol. The summed E-state index contributed by atoms with van der Waals surface area (Å²) in [5.41, 5.74) is 5.96. The second-order valence-corrected chi connectivity index (χ2v) is 8.15. The number of benzene rings is 1. The van der Waals surface area contributed by atoms with E-state index in [4.69, 9.17) is 15.2 Å². The van der Waals surface area contributed by atoms with Gasteiger partial charge in [0.15, 0.2) is 9.84 Å². The maximum atomic E-state index is 12.9. The summed E-state index contributed by atoms with van der Waals surface area (Å²) < 4.78 is 36.8. The summed E-state index contributed by atoms with van der Waals surface area (Å²) in [7, 11) is -1.94. The van der Waals surface area contributed by atoms with Crippen molar-refractivity contribution in [2.24, 2.45) is 0 Å². The molecule has 1 heterocycles. The molecule has 1 aromatic rings. The second-order valence-electron chi connectivity index (χ2n) is 5.95. The van der Waals surface area contributed by atoms with Gasteiger partial charge in [0.25, 0.3) is 0 Å². The molecule has 2 aliphatic rings. The zero-order chi connectivity index (χ0) is 15.1. The number of nitrogens with two attached hydrogens (primary N) is 1. The summed E-state index contributed by atoms with van der Waals surface area (Å²) in [4.78, 5) is 0.184. The Labute approximate surface area is 125 Å². The Kier molecular flexibility index (Phi) is 3.61. The van der Waals surface area contributed by atoms with Gasteiger partial charge in [-0.15, -0.1) is 0 Å². The molecule has 1 aromatic carbocycles. The lowest BCUT2D eigenvalue weighted by molar-refractivity contribution is -0.125. The summed E-state index contributed by atoms with van der Waals surface area (Å²) in [6.07, 6.45) is 4.15. The Morgan fingerprint density at radius 1 is 1.38 bits per heavy atom. The molecule has 0 radical (unpaired) electrons. The molecule has 1 saturated carbocycles. The molecule has 3 rings (SSSR count). The van der Waals surface area contributed by atoms with Crippen LogP contribution >= 0.6 is 0 Å². The molecule has 2 N–H and O–H groups in total. The van der Waals surface area contributed by atoms with Gasteiger partial charge in [-0.1, -0.05) is 0 Å². The van der Waals surface area contributed by atoms with Crippen LogP contribution in [0, 0.1) is 0 Å². The summed E-state index contributed by atoms with van der Waals surface area (Å²) in [6, 6.07) is 4.78. The van der Waals surface area contributed by atoms with Crippen LogP contribution in [-0.2, 0) is 14.6 Å². The number of ether oxygens (including phenoxy) is 2. The number of rotatable bonds is 3. The van der Waals surface area contributed by atoms with Crippen molar-refractivity contribution >= 4 is 15.5 Å². The Morgan fingerprint density at radius 2 is 2.14 bits per heavy atom. The van der Waals surface area contributed by atoms with Gasteiger partial charge in [-0.3, -0.25) is 0 Å². The molecule has 0 aromatic heterocycles. The van der Waals surface area contributed by atoms with Crippen LogP contribution in [0.4, 0.5) is 5.69 Å². The van der Waals surface area contributed by atoms with Crippen LogP contribution < -0.4 is 10.5 Å². The van der Waals surface area contributed by atoms with Crippen molar-refractivity contribution in [1.29, 1.82) is 0 Å². The predicted molar refractivity (Wildman–Crippen MR) is 80.1 cm³/mol. The molecule has 5 nitrogen and oxygen atoms in total. The molecule has 0 amide bonds. The average Bonchev–Trinajstić information content (AvgIpc) is 2.46. The van der Waals surface area contributed by atoms with Crippen LogP contribution in [0.5, 0.6) is 5.75 Å². The number of nitrogen functional groups attached to an aromatic ring is 1. The van der Waals surface area contributed by atoms with Gasteiger partial charge in [-0.05, 0) is 44.2 Å². The van der Waals surface area contributed by atoms with E-state index in [1.807, 2.05) is 0 Å². The van der Waals surface area contributed by atoms with E-state index in [1.54, 1.807) is 12.1 Å². The van der Waals surface area contributed by atoms with Crippen LogP contribution in [0.3, 0.4) is 0 Å². The number of hydrogen-bond donors (Lipinski definition) is 1. The van der Waals surface area contributed by atoms with Gasteiger partial charge < -0.3 is 15.2 Å². The zero-order valence-corrected chi connectivity index (χ0v) is 13.0. The normalized spacial score (nSPS) is 24.5. The van der Waals surface area contributed by atoms with Gasteiger partial charge in [0.1, 0.15) is 5.75 Å². The highest BCUT2D eigenvalue weighted by Gasteiger charge is 2.46. The van der Waals surface area contributed by atoms with Crippen molar-refractivity contribution in [3.05, 3.63) is 18.2 Å². The standard InChI is InChI=1S/C15H21NO4S/c1-19-11-3-4-13(16)14(9-11)21(17,18)12-5-8-20-15(10-12)6-2-7-15/h3-4,9,12H,2,5-8,10,16H2,1H3. The van der Waals surface area contributed by atoms with Crippen molar-refractivity contribution in [3.63, 3.8) is 0 Å². The van der Waals surface area contributed by atoms with Crippen molar-refractivity contribution in [2.75, 3.05) is 19.5 Å². The number of sulfone groups is 1. The van der Waals surface area contributed by atoms with Crippen LogP contribution in [-0.4, -0.2) is 33.0 Å². The molecule has 6 heteroatoms. The molecule has 1 saturated heterocycles. The average molecular weight is 311 g/mol. The smallest absolute Gasteiger partial charge is 0.183 e. The van der Waals surface area contributed by atoms with Crippen molar-refractivity contribution in [3.8, 4) is 5.75 Å². The van der Waals surface area contributed by atoms with Gasteiger partial charge in [-0.25, -0.2) is 8.42 Å². The third-order valence-corrected chi connectivity index (χ3v) is 6.93. The summed E-state index contributed by atoms with van der Waals surface area (Å²) in [5, 5.41) is -0.416. The minimum Gasteiger partial charge on any atom is -0.497 e. The molecule has 0 bridgehead atoms. The number of methoxy groups -OCH3 is 1. The lowest BCUT2D eigenvalue weighted by atomic mass is 9.75. The first kappa shape index (κ1) is 14.7. The van der Waals surface area contributed by atoms with Crippen LogP contribution in [0.2, 0.25) is 0 Å². The first-order chi connectivity index (χ1) is 9.97. The first-order valence-electron chi connectivity index (χ1n) is 7.28. The molecule has 1 spiro atoms. The molecular weight excluding hydrogens is 290 g/mol. The maximum absolute atomic E-state index is 12.9. The summed E-state index contributed by atoms with van der Waals surface area (Å²) >= 11 is 0. The summed E-state index contributed by atoms with van der Waals surface area (Å²) in [6.45, 7) is 0.508. The highest BCUT2D eigenvalue weighted by atomic mass is 32.2. The van der Waals surface area contributed by atoms with Crippen LogP contribution in [0.25, 0.3) is 0 Å². The topological polar surface area (TPSA) is 78.6 Å². The molecule has 1 unspecified atom stereocenters. The molecule has 116 valence electrons. The third-order valence-electron chi connectivity index (χ3n) is 4.68. The maximum Gasteiger partial charge on any atom is 0.183 e. The fourth-order valence-electron chi connectivity index (χ4n) is 3.23.